The molecule has 3 aromatic rings. The van der Waals surface area contributed by atoms with Crippen molar-refractivity contribution in [2.45, 2.75) is 31.7 Å². The second-order valence-electron chi connectivity index (χ2n) is 7.37. The van der Waals surface area contributed by atoms with Crippen LogP contribution >= 0.6 is 0 Å². The molecular formula is C25H26N2O2. The van der Waals surface area contributed by atoms with Crippen LogP contribution in [0, 0.1) is 0 Å². The molecule has 0 bridgehead atoms. The zero-order valence-electron chi connectivity index (χ0n) is 16.5. The van der Waals surface area contributed by atoms with Crippen LogP contribution < -0.4 is 4.74 Å². The van der Waals surface area contributed by atoms with E-state index in [4.69, 9.17) is 9.72 Å². The molecule has 1 atom stereocenters. The van der Waals surface area contributed by atoms with Crippen LogP contribution in [0.1, 0.15) is 42.3 Å². The third-order valence-corrected chi connectivity index (χ3v) is 5.30. The van der Waals surface area contributed by atoms with Crippen LogP contribution in [0.25, 0.3) is 0 Å². The van der Waals surface area contributed by atoms with Crippen LogP contribution in [0.15, 0.2) is 78.9 Å². The SMILES string of the molecule is O=C(CCOc1ccccc1)N1CCC[C@@H]1c1cccc(Cc2ccccc2)n1. The van der Waals surface area contributed by atoms with E-state index in [0.29, 0.717) is 13.0 Å². The lowest BCUT2D eigenvalue weighted by atomic mass is 10.1. The predicted molar refractivity (Wildman–Crippen MR) is 114 cm³/mol. The number of para-hydroxylation sites is 1. The van der Waals surface area contributed by atoms with Crippen molar-refractivity contribution < 1.29 is 9.53 Å². The molecule has 4 nitrogen and oxygen atoms in total. The Bertz CT molecular complexity index is 928. The minimum Gasteiger partial charge on any atom is -0.493 e. The summed E-state index contributed by atoms with van der Waals surface area (Å²) >= 11 is 0. The molecule has 148 valence electrons. The van der Waals surface area contributed by atoms with Gasteiger partial charge in [0.2, 0.25) is 5.91 Å². The number of hydrogen-bond donors (Lipinski definition) is 0. The van der Waals surface area contributed by atoms with Crippen molar-refractivity contribution >= 4 is 5.91 Å². The number of carbonyl (C=O) groups is 1. The van der Waals surface area contributed by atoms with Gasteiger partial charge in [0.05, 0.1) is 24.8 Å². The number of hydrogen-bond acceptors (Lipinski definition) is 3. The number of nitrogens with zero attached hydrogens (tertiary/aromatic N) is 2. The van der Waals surface area contributed by atoms with Gasteiger partial charge in [0.25, 0.3) is 0 Å². The number of carbonyl (C=O) groups excluding carboxylic acids is 1. The van der Waals surface area contributed by atoms with Gasteiger partial charge in [-0.15, -0.1) is 0 Å². The standard InChI is InChI=1S/C25H26N2O2/c28-25(16-18-29-22-12-5-2-6-13-22)27-17-8-15-24(27)23-14-7-11-21(26-23)19-20-9-3-1-4-10-20/h1-7,9-14,24H,8,15-19H2/t24-/m1/s1. The van der Waals surface area contributed by atoms with E-state index in [9.17, 15) is 4.79 Å². The van der Waals surface area contributed by atoms with Gasteiger partial charge in [0.15, 0.2) is 0 Å². The van der Waals surface area contributed by atoms with E-state index >= 15 is 0 Å². The summed E-state index contributed by atoms with van der Waals surface area (Å²) in [4.78, 5) is 19.7. The van der Waals surface area contributed by atoms with Crippen molar-refractivity contribution in [3.05, 3.63) is 95.8 Å². The Balaban J connectivity index is 1.38. The van der Waals surface area contributed by atoms with Gasteiger partial charge in [-0.2, -0.15) is 0 Å². The minimum atomic E-state index is 0.0648. The molecule has 29 heavy (non-hydrogen) atoms. The zero-order chi connectivity index (χ0) is 19.9. The molecule has 4 rings (SSSR count). The molecular weight excluding hydrogens is 360 g/mol. The minimum absolute atomic E-state index is 0.0648. The first-order valence-corrected chi connectivity index (χ1v) is 10.3. The van der Waals surface area contributed by atoms with Crippen molar-refractivity contribution in [1.29, 1.82) is 0 Å². The van der Waals surface area contributed by atoms with Crippen LogP contribution in [0.5, 0.6) is 5.75 Å². The Hall–Kier alpha value is -3.14. The van der Waals surface area contributed by atoms with E-state index in [2.05, 4.69) is 24.3 Å². The smallest absolute Gasteiger partial charge is 0.226 e. The molecule has 0 N–H and O–H groups in total. The van der Waals surface area contributed by atoms with Crippen LogP contribution in [0.4, 0.5) is 0 Å². The van der Waals surface area contributed by atoms with Crippen molar-refractivity contribution in [2.75, 3.05) is 13.2 Å². The Morgan fingerprint density at radius 2 is 1.72 bits per heavy atom. The Labute approximate surface area is 172 Å². The lowest BCUT2D eigenvalue weighted by molar-refractivity contribution is -0.132. The third-order valence-electron chi connectivity index (χ3n) is 5.30. The van der Waals surface area contributed by atoms with Gasteiger partial charge in [-0.25, -0.2) is 0 Å². The summed E-state index contributed by atoms with van der Waals surface area (Å²) in [5.41, 5.74) is 3.28. The first kappa shape index (κ1) is 19.2. The molecule has 0 spiro atoms. The lowest BCUT2D eigenvalue weighted by Crippen LogP contribution is -2.32. The normalized spacial score (nSPS) is 16.0. The monoisotopic (exact) mass is 386 g/mol. The van der Waals surface area contributed by atoms with Gasteiger partial charge in [-0.05, 0) is 42.7 Å². The molecule has 0 radical (unpaired) electrons. The zero-order valence-corrected chi connectivity index (χ0v) is 16.5. The van der Waals surface area contributed by atoms with E-state index in [1.165, 1.54) is 5.56 Å². The van der Waals surface area contributed by atoms with Crippen LogP contribution in [0.2, 0.25) is 0 Å². The van der Waals surface area contributed by atoms with Gasteiger partial charge in [-0.3, -0.25) is 9.78 Å². The average Bonchev–Trinajstić information content (AvgIpc) is 3.26. The number of ether oxygens (including phenoxy) is 1. The number of rotatable bonds is 7. The summed E-state index contributed by atoms with van der Waals surface area (Å²) in [7, 11) is 0. The van der Waals surface area contributed by atoms with E-state index in [1.807, 2.05) is 59.5 Å². The predicted octanol–water partition coefficient (Wildman–Crippen LogP) is 4.81. The maximum absolute atomic E-state index is 12.8. The molecule has 0 unspecified atom stereocenters. The lowest BCUT2D eigenvalue weighted by Gasteiger charge is -2.25. The molecule has 2 heterocycles. The molecule has 1 aromatic heterocycles. The maximum Gasteiger partial charge on any atom is 0.226 e. The summed E-state index contributed by atoms with van der Waals surface area (Å²) in [5.74, 6) is 0.937. The molecule has 4 heteroatoms. The van der Waals surface area contributed by atoms with E-state index < -0.39 is 0 Å². The topological polar surface area (TPSA) is 42.4 Å². The van der Waals surface area contributed by atoms with Gasteiger partial charge in [0.1, 0.15) is 5.75 Å². The largest absolute Gasteiger partial charge is 0.493 e. The number of pyridine rings is 1. The van der Waals surface area contributed by atoms with Gasteiger partial charge < -0.3 is 9.64 Å². The Morgan fingerprint density at radius 3 is 2.52 bits per heavy atom. The molecule has 0 aliphatic carbocycles. The van der Waals surface area contributed by atoms with Crippen molar-refractivity contribution in [3.63, 3.8) is 0 Å². The molecule has 1 aliphatic heterocycles. The van der Waals surface area contributed by atoms with Gasteiger partial charge in [0, 0.05) is 18.7 Å². The summed E-state index contributed by atoms with van der Waals surface area (Å²) in [6.07, 6.45) is 3.17. The average molecular weight is 386 g/mol. The highest BCUT2D eigenvalue weighted by Crippen LogP contribution is 2.31. The molecule has 1 aliphatic rings. The van der Waals surface area contributed by atoms with Crippen molar-refractivity contribution in [3.8, 4) is 5.75 Å². The van der Waals surface area contributed by atoms with Crippen LogP contribution in [-0.2, 0) is 11.2 Å². The highest BCUT2D eigenvalue weighted by molar-refractivity contribution is 5.77. The number of aromatic nitrogens is 1. The van der Waals surface area contributed by atoms with E-state index in [1.54, 1.807) is 0 Å². The van der Waals surface area contributed by atoms with Crippen LogP contribution in [-0.4, -0.2) is 28.9 Å². The fraction of sp³-hybridized carbons (Fsp3) is 0.280. The maximum atomic E-state index is 12.8. The van der Waals surface area contributed by atoms with Gasteiger partial charge >= 0.3 is 0 Å². The molecule has 1 saturated heterocycles. The fourth-order valence-electron chi connectivity index (χ4n) is 3.88. The molecule has 1 fully saturated rings. The summed E-state index contributed by atoms with van der Waals surface area (Å²) in [6.45, 7) is 1.19. The molecule has 2 aromatic carbocycles. The van der Waals surface area contributed by atoms with E-state index in [-0.39, 0.29) is 11.9 Å². The first-order chi connectivity index (χ1) is 14.3. The van der Waals surface area contributed by atoms with E-state index in [0.717, 1.165) is 42.9 Å². The number of amides is 1. The Kier molecular flexibility index (Phi) is 6.20. The molecule has 1 amide bonds. The quantitative estimate of drug-likeness (QED) is 0.585. The highest BCUT2D eigenvalue weighted by atomic mass is 16.5. The summed E-state index contributed by atoms with van der Waals surface area (Å²) < 4.78 is 5.70. The summed E-state index contributed by atoms with van der Waals surface area (Å²) in [5, 5.41) is 0. The second-order valence-corrected chi connectivity index (χ2v) is 7.37. The third kappa shape index (κ3) is 5.02. The summed E-state index contributed by atoms with van der Waals surface area (Å²) in [6, 6.07) is 26.2. The van der Waals surface area contributed by atoms with Crippen molar-refractivity contribution in [1.82, 2.24) is 9.88 Å². The fourth-order valence-corrected chi connectivity index (χ4v) is 3.88. The number of benzene rings is 2. The molecule has 0 saturated carbocycles. The van der Waals surface area contributed by atoms with Crippen molar-refractivity contribution in [2.24, 2.45) is 0 Å². The Morgan fingerprint density at radius 1 is 0.966 bits per heavy atom. The van der Waals surface area contributed by atoms with Gasteiger partial charge in [-0.1, -0.05) is 54.6 Å². The highest BCUT2D eigenvalue weighted by Gasteiger charge is 2.30. The number of likely N-dealkylation sites (tertiary alicyclic amines) is 1. The first-order valence-electron chi connectivity index (χ1n) is 10.3. The van der Waals surface area contributed by atoms with Crippen LogP contribution in [0.3, 0.4) is 0 Å². The second kappa shape index (κ2) is 9.37.